The van der Waals surface area contributed by atoms with Gasteiger partial charge in [-0.05, 0) is 28.1 Å². The number of primary amides is 1. The van der Waals surface area contributed by atoms with E-state index in [4.69, 9.17) is 5.73 Å². The topological polar surface area (TPSA) is 69.4 Å². The highest BCUT2D eigenvalue weighted by atomic mass is 79.9. The molecule has 0 bridgehead atoms. The normalized spacial score (nSPS) is 8.29. The minimum Gasteiger partial charge on any atom is -0.432 e. The summed E-state index contributed by atoms with van der Waals surface area (Å²) in [5.74, 6) is -0.887. The Kier molecular flexibility index (Phi) is 7.38. The fraction of sp³-hybridized carbons (Fsp3) is 0. The Bertz CT molecular complexity index is 430. The van der Waals surface area contributed by atoms with E-state index >= 15 is 0 Å². The molecule has 1 rings (SSSR count). The van der Waals surface area contributed by atoms with Gasteiger partial charge in [0.2, 0.25) is 5.91 Å². The summed E-state index contributed by atoms with van der Waals surface area (Å²) in [6.07, 6.45) is 2.13. The van der Waals surface area contributed by atoms with Crippen LogP contribution >= 0.6 is 15.9 Å². The monoisotopic (exact) mass is 297 g/mol. The third-order valence-corrected chi connectivity index (χ3v) is 2.20. The predicted molar refractivity (Wildman–Crippen MR) is 69.1 cm³/mol. The molecule has 2 N–H and O–H groups in total. The lowest BCUT2D eigenvalue weighted by molar-refractivity contribution is -0.132. The van der Waals surface area contributed by atoms with E-state index in [9.17, 15) is 9.59 Å². The summed E-state index contributed by atoms with van der Waals surface area (Å²) in [5.41, 5.74) is 5.56. The van der Waals surface area contributed by atoms with Crippen LogP contribution in [0.4, 0.5) is 0 Å². The van der Waals surface area contributed by atoms with Crippen LogP contribution in [0.3, 0.4) is 0 Å². The van der Waals surface area contributed by atoms with Crippen LogP contribution in [0.15, 0.2) is 54.2 Å². The van der Waals surface area contributed by atoms with Gasteiger partial charge in [-0.3, -0.25) is 4.79 Å². The van der Waals surface area contributed by atoms with E-state index in [0.29, 0.717) is 5.56 Å². The van der Waals surface area contributed by atoms with Gasteiger partial charge in [0, 0.05) is 10.5 Å². The van der Waals surface area contributed by atoms with Crippen molar-refractivity contribution < 1.29 is 14.3 Å². The molecule has 0 aliphatic carbocycles. The number of ether oxygens (including phenoxy) is 1. The smallest absolute Gasteiger partial charge is 0.334 e. The van der Waals surface area contributed by atoms with Crippen molar-refractivity contribution in [1.82, 2.24) is 0 Å². The summed E-state index contributed by atoms with van der Waals surface area (Å²) in [5, 5.41) is 0. The van der Waals surface area contributed by atoms with Gasteiger partial charge in [-0.15, -0.1) is 0 Å². The van der Waals surface area contributed by atoms with E-state index in [1.807, 2.05) is 6.07 Å². The standard InChI is InChI=1S/C7H6BrNO.C5H6O2/c8-6-4-2-1-3-5(6)7(9)10;1-3-5(6)7-4-2/h1-4H,(H2,9,10);3-4H,1-2H2. The van der Waals surface area contributed by atoms with Crippen LogP contribution < -0.4 is 5.73 Å². The van der Waals surface area contributed by atoms with E-state index in [1.165, 1.54) is 0 Å². The highest BCUT2D eigenvalue weighted by Crippen LogP contribution is 2.14. The van der Waals surface area contributed by atoms with Gasteiger partial charge in [-0.1, -0.05) is 25.3 Å². The van der Waals surface area contributed by atoms with Crippen molar-refractivity contribution in [2.45, 2.75) is 0 Å². The molecular formula is C12H12BrNO3. The molecule has 17 heavy (non-hydrogen) atoms. The first-order chi connectivity index (χ1) is 8.02. The molecule has 0 saturated carbocycles. The largest absolute Gasteiger partial charge is 0.432 e. The Hall–Kier alpha value is -1.88. The maximum atomic E-state index is 10.6. The van der Waals surface area contributed by atoms with Crippen LogP contribution in [-0.4, -0.2) is 11.9 Å². The quantitative estimate of drug-likeness (QED) is 0.529. The molecule has 1 aromatic rings. The second-order valence-corrected chi connectivity index (χ2v) is 3.51. The van der Waals surface area contributed by atoms with Gasteiger partial charge >= 0.3 is 5.97 Å². The average Bonchev–Trinajstić information content (AvgIpc) is 2.30. The highest BCUT2D eigenvalue weighted by molar-refractivity contribution is 9.10. The number of halogens is 1. The lowest BCUT2D eigenvalue weighted by Gasteiger charge is -1.95. The fourth-order valence-electron chi connectivity index (χ4n) is 0.791. The zero-order valence-electron chi connectivity index (χ0n) is 9.06. The van der Waals surface area contributed by atoms with Crippen LogP contribution in [0.2, 0.25) is 0 Å². The molecule has 0 aliphatic rings. The Labute approximate surface area is 108 Å². The van der Waals surface area contributed by atoms with Crippen molar-refractivity contribution in [3.05, 3.63) is 59.8 Å². The molecule has 0 spiro atoms. The van der Waals surface area contributed by atoms with Crippen molar-refractivity contribution in [1.29, 1.82) is 0 Å². The Morgan fingerprint density at radius 1 is 1.29 bits per heavy atom. The third-order valence-electron chi connectivity index (χ3n) is 1.51. The van der Waals surface area contributed by atoms with E-state index < -0.39 is 11.9 Å². The van der Waals surface area contributed by atoms with Crippen LogP contribution in [0, 0.1) is 0 Å². The molecule has 90 valence electrons. The fourth-order valence-corrected chi connectivity index (χ4v) is 1.27. The summed E-state index contributed by atoms with van der Waals surface area (Å²) in [6, 6.07) is 7.05. The Morgan fingerprint density at radius 3 is 2.18 bits per heavy atom. The van der Waals surface area contributed by atoms with E-state index in [-0.39, 0.29) is 0 Å². The number of hydrogen-bond acceptors (Lipinski definition) is 3. The molecule has 0 radical (unpaired) electrons. The van der Waals surface area contributed by atoms with Crippen molar-refractivity contribution >= 4 is 27.8 Å². The molecule has 0 aromatic heterocycles. The van der Waals surface area contributed by atoms with Crippen molar-refractivity contribution in [2.24, 2.45) is 5.73 Å². The molecule has 5 heteroatoms. The lowest BCUT2D eigenvalue weighted by Crippen LogP contribution is -2.11. The van der Waals surface area contributed by atoms with Crippen molar-refractivity contribution in [2.75, 3.05) is 0 Å². The van der Waals surface area contributed by atoms with Gasteiger partial charge in [0.15, 0.2) is 0 Å². The van der Waals surface area contributed by atoms with E-state index in [2.05, 4.69) is 33.8 Å². The van der Waals surface area contributed by atoms with Crippen LogP contribution in [-0.2, 0) is 9.53 Å². The first kappa shape index (κ1) is 15.1. The summed E-state index contributed by atoms with van der Waals surface area (Å²) < 4.78 is 4.94. The zero-order chi connectivity index (χ0) is 13.3. The number of esters is 1. The molecule has 1 aromatic carbocycles. The molecule has 0 atom stereocenters. The van der Waals surface area contributed by atoms with Gasteiger partial charge < -0.3 is 10.5 Å². The molecule has 1 amide bonds. The second kappa shape index (κ2) is 8.29. The molecule has 0 saturated heterocycles. The van der Waals surface area contributed by atoms with Crippen LogP contribution in [0.5, 0.6) is 0 Å². The third kappa shape index (κ3) is 6.32. The molecule has 4 nitrogen and oxygen atoms in total. The predicted octanol–water partition coefficient (Wildman–Crippen LogP) is 2.41. The number of amides is 1. The van der Waals surface area contributed by atoms with E-state index in [1.54, 1.807) is 18.2 Å². The van der Waals surface area contributed by atoms with Gasteiger partial charge in [-0.2, -0.15) is 0 Å². The molecular weight excluding hydrogens is 286 g/mol. The zero-order valence-corrected chi connectivity index (χ0v) is 10.6. The number of nitrogens with two attached hydrogens (primary N) is 1. The van der Waals surface area contributed by atoms with Crippen molar-refractivity contribution in [3.8, 4) is 0 Å². The highest BCUT2D eigenvalue weighted by Gasteiger charge is 2.02. The minimum atomic E-state index is -0.477. The first-order valence-corrected chi connectivity index (χ1v) is 5.30. The number of carbonyl (C=O) groups is 2. The number of rotatable bonds is 3. The van der Waals surface area contributed by atoms with Crippen molar-refractivity contribution in [3.63, 3.8) is 0 Å². The second-order valence-electron chi connectivity index (χ2n) is 2.65. The lowest BCUT2D eigenvalue weighted by atomic mass is 10.2. The Morgan fingerprint density at radius 2 is 1.88 bits per heavy atom. The average molecular weight is 298 g/mol. The van der Waals surface area contributed by atoms with E-state index in [0.717, 1.165) is 16.8 Å². The summed E-state index contributed by atoms with van der Waals surface area (Å²) >= 11 is 3.20. The van der Waals surface area contributed by atoms with Gasteiger partial charge in [0.25, 0.3) is 0 Å². The first-order valence-electron chi connectivity index (χ1n) is 4.51. The Balaban J connectivity index is 0.000000325. The molecule has 0 aliphatic heterocycles. The summed E-state index contributed by atoms with van der Waals surface area (Å²) in [7, 11) is 0. The molecule has 0 heterocycles. The van der Waals surface area contributed by atoms with Gasteiger partial charge in [0.05, 0.1) is 11.8 Å². The number of carbonyl (C=O) groups excluding carboxylic acids is 2. The van der Waals surface area contributed by atoms with Gasteiger partial charge in [0.1, 0.15) is 0 Å². The minimum absolute atomic E-state index is 0.410. The van der Waals surface area contributed by atoms with Crippen LogP contribution in [0.25, 0.3) is 0 Å². The summed E-state index contributed by atoms with van der Waals surface area (Å²) in [6.45, 7) is 6.31. The summed E-state index contributed by atoms with van der Waals surface area (Å²) in [4.78, 5) is 20.6. The molecule has 0 unspecified atom stereocenters. The number of hydrogen-bond donors (Lipinski definition) is 1. The van der Waals surface area contributed by atoms with Gasteiger partial charge in [-0.25, -0.2) is 4.79 Å². The maximum absolute atomic E-state index is 10.6. The molecule has 0 fully saturated rings. The number of benzene rings is 1. The SMILES string of the molecule is C=COC(=O)C=C.NC(=O)c1ccccc1Br. The van der Waals surface area contributed by atoms with Crippen LogP contribution in [0.1, 0.15) is 10.4 Å². The maximum Gasteiger partial charge on any atom is 0.334 e.